The number of benzene rings is 4. The van der Waals surface area contributed by atoms with Crippen molar-refractivity contribution in [2.24, 2.45) is 5.84 Å². The highest BCUT2D eigenvalue weighted by Gasteiger charge is 2.31. The number of hydrazine groups is 1. The summed E-state index contributed by atoms with van der Waals surface area (Å²) in [6.07, 6.45) is -4.75. The molecule has 0 spiro atoms. The number of amides is 1. The molecule has 58 heavy (non-hydrogen) atoms. The van der Waals surface area contributed by atoms with Crippen LogP contribution in [0, 0.1) is 20.8 Å². The van der Waals surface area contributed by atoms with Gasteiger partial charge in [0, 0.05) is 14.5 Å². The fourth-order valence-corrected chi connectivity index (χ4v) is 5.83. The molecule has 0 bridgehead atoms. The van der Waals surface area contributed by atoms with Crippen LogP contribution in [0.15, 0.2) is 110 Å². The normalized spacial score (nSPS) is 10.8. The number of carboxylic acid groups (broad SMARTS) is 1. The maximum atomic E-state index is 12.3. The van der Waals surface area contributed by atoms with Gasteiger partial charge in [-0.05, 0) is 92.6 Å². The minimum absolute atomic E-state index is 0.0741. The number of carboxylic acids is 1. The van der Waals surface area contributed by atoms with Gasteiger partial charge in [0.05, 0.1) is 18.7 Å². The van der Waals surface area contributed by atoms with Crippen molar-refractivity contribution in [3.8, 4) is 28.9 Å². The van der Waals surface area contributed by atoms with Gasteiger partial charge in [-0.3, -0.25) is 10.2 Å². The molecule has 0 saturated heterocycles. The van der Waals surface area contributed by atoms with Crippen molar-refractivity contribution >= 4 is 43.7 Å². The Morgan fingerprint density at radius 2 is 1.34 bits per heavy atom. The molecule has 0 fully saturated rings. The Hall–Kier alpha value is -6.25. The molecule has 0 unspecified atom stereocenters. The van der Waals surface area contributed by atoms with Crippen molar-refractivity contribution < 1.29 is 37.0 Å². The Labute approximate surface area is 345 Å². The number of halogens is 5. The highest BCUT2D eigenvalue weighted by atomic mass is 79.9. The van der Waals surface area contributed by atoms with Crippen LogP contribution in [0.3, 0.4) is 0 Å². The summed E-state index contributed by atoms with van der Waals surface area (Å²) in [5, 5.41) is 24.9. The molecule has 3 heterocycles. The molecule has 7 aromatic rings. The van der Waals surface area contributed by atoms with Crippen LogP contribution in [0.5, 0.6) is 5.75 Å². The summed E-state index contributed by atoms with van der Waals surface area (Å²) in [6, 6.07) is 27.6. The van der Waals surface area contributed by atoms with Crippen LogP contribution in [0.2, 0.25) is 0 Å². The number of aromatic carboxylic acids is 1. The number of alkyl halides is 3. The molecule has 1 amide bonds. The number of hydrogen-bond acceptors (Lipinski definition) is 11. The quantitative estimate of drug-likeness (QED) is 0.0725. The second kappa shape index (κ2) is 19.3. The van der Waals surface area contributed by atoms with Crippen molar-refractivity contribution in [3.05, 3.63) is 146 Å². The number of carbonyl (C=O) groups excluding carboxylic acids is 1. The molecule has 15 nitrogen and oxygen atoms in total. The second-order valence-electron chi connectivity index (χ2n) is 12.2. The topological polar surface area (TPSA) is 202 Å². The maximum Gasteiger partial charge on any atom is 0.573 e. The Kier molecular flexibility index (Phi) is 14.2. The third kappa shape index (κ3) is 12.4. The Bertz CT molecular complexity index is 2490. The van der Waals surface area contributed by atoms with Crippen LogP contribution in [-0.2, 0) is 13.1 Å². The van der Waals surface area contributed by atoms with E-state index in [0.717, 1.165) is 25.6 Å². The minimum Gasteiger partial charge on any atom is -0.478 e. The Balaban J connectivity index is 0.000000192. The first-order valence-electron chi connectivity index (χ1n) is 16.9. The summed E-state index contributed by atoms with van der Waals surface area (Å²) in [6.45, 7) is 6.59. The number of nitrogens with zero attached hydrogens (tertiary/aromatic N) is 8. The Morgan fingerprint density at radius 1 is 0.793 bits per heavy atom. The highest BCUT2D eigenvalue weighted by Crippen LogP contribution is 2.27. The zero-order valence-electron chi connectivity index (χ0n) is 30.8. The molecule has 0 aliphatic carbocycles. The number of nitrogen functional groups attached to an aromatic ring is 1. The number of carbonyl (C=O) groups is 2. The van der Waals surface area contributed by atoms with E-state index in [1.54, 1.807) is 40.6 Å². The van der Waals surface area contributed by atoms with Gasteiger partial charge in [0.15, 0.2) is 0 Å². The zero-order valence-corrected chi connectivity index (χ0v) is 33.9. The fourth-order valence-electron chi connectivity index (χ4n) is 4.93. The van der Waals surface area contributed by atoms with E-state index in [9.17, 15) is 22.8 Å². The zero-order chi connectivity index (χ0) is 42.0. The Morgan fingerprint density at radius 3 is 1.88 bits per heavy atom. The molecule has 300 valence electrons. The molecule has 0 atom stereocenters. The number of rotatable bonds is 9. The van der Waals surface area contributed by atoms with Crippen molar-refractivity contribution in [3.63, 3.8) is 0 Å². The van der Waals surface area contributed by atoms with E-state index >= 15 is 0 Å². The van der Waals surface area contributed by atoms with E-state index in [1.807, 2.05) is 67.8 Å². The molecule has 0 radical (unpaired) electrons. The van der Waals surface area contributed by atoms with Crippen LogP contribution < -0.4 is 16.0 Å². The van der Waals surface area contributed by atoms with E-state index in [0.29, 0.717) is 35.9 Å². The van der Waals surface area contributed by atoms with Crippen LogP contribution in [-0.4, -0.2) is 63.1 Å². The minimum atomic E-state index is -4.75. The van der Waals surface area contributed by atoms with Gasteiger partial charge < -0.3 is 14.3 Å². The van der Waals surface area contributed by atoms with Gasteiger partial charge in [-0.1, -0.05) is 73.8 Å². The van der Waals surface area contributed by atoms with Gasteiger partial charge in [-0.2, -0.15) is 0 Å². The first-order chi connectivity index (χ1) is 27.6. The molecular weight excluding hydrogens is 893 g/mol. The molecule has 4 N–H and O–H groups in total. The number of aryl methyl sites for hydroxylation is 3. The van der Waals surface area contributed by atoms with Gasteiger partial charge in [-0.15, -0.1) is 33.6 Å². The summed E-state index contributed by atoms with van der Waals surface area (Å²) < 4.78 is 51.6. The van der Waals surface area contributed by atoms with Crippen molar-refractivity contribution in [1.29, 1.82) is 0 Å². The van der Waals surface area contributed by atoms with Gasteiger partial charge in [-0.25, -0.2) is 30.0 Å². The van der Waals surface area contributed by atoms with Gasteiger partial charge in [0.2, 0.25) is 17.5 Å². The number of hydrogen-bond donors (Lipinski definition) is 3. The first kappa shape index (κ1) is 42.9. The van der Waals surface area contributed by atoms with Crippen molar-refractivity contribution in [1.82, 2.24) is 45.2 Å². The summed E-state index contributed by atoms with van der Waals surface area (Å²) in [7, 11) is 0. The third-order valence-corrected chi connectivity index (χ3v) is 8.73. The average molecular weight is 927 g/mol. The van der Waals surface area contributed by atoms with Crippen molar-refractivity contribution in [2.75, 3.05) is 0 Å². The maximum absolute atomic E-state index is 12.3. The summed E-state index contributed by atoms with van der Waals surface area (Å²) in [5.41, 5.74) is 5.97. The van der Waals surface area contributed by atoms with Crippen LogP contribution in [0.4, 0.5) is 13.2 Å². The lowest BCUT2D eigenvalue weighted by Gasteiger charge is -2.08. The average Bonchev–Trinajstić information content (AvgIpc) is 3.91. The van der Waals surface area contributed by atoms with E-state index in [-0.39, 0.29) is 29.2 Å². The smallest absolute Gasteiger partial charge is 0.478 e. The number of ether oxygens (including phenoxy) is 1. The number of nitrogens with one attached hydrogen (secondary N) is 1. The monoisotopic (exact) mass is 924 g/mol. The van der Waals surface area contributed by atoms with E-state index in [4.69, 9.17) is 15.4 Å². The molecule has 20 heteroatoms. The lowest BCUT2D eigenvalue weighted by Crippen LogP contribution is -2.31. The largest absolute Gasteiger partial charge is 0.573 e. The second-order valence-corrected chi connectivity index (χ2v) is 14.0. The van der Waals surface area contributed by atoms with Crippen molar-refractivity contribution in [2.45, 2.75) is 40.2 Å². The molecule has 0 aliphatic heterocycles. The highest BCUT2D eigenvalue weighted by molar-refractivity contribution is 9.10. The molecule has 4 aromatic carbocycles. The molecule has 0 saturated carbocycles. The van der Waals surface area contributed by atoms with Crippen LogP contribution >= 0.6 is 31.9 Å². The molecule has 0 aliphatic rings. The standard InChI is InChI=1S/C19H13BrF3N5O2.C11H12BrN5O.C8H8O2/c1-11-24-16(27-28(11)10-12-3-2-4-14(20)9-12)18-26-25-17(29-18)13-5-7-15(8-6-13)30-19(21,22)23;1-7-14-10(11(18)15-13)16-17(7)6-8-3-2-4-9(12)5-8;1-6-2-4-7(5-3-6)8(9)10/h2-9H,10H2,1H3;2-5H,6,13H2,1H3,(H,15,18);2-5H,1H3,(H,9,10). The van der Waals surface area contributed by atoms with Gasteiger partial charge >= 0.3 is 18.2 Å². The first-order valence-corrected chi connectivity index (χ1v) is 18.5. The lowest BCUT2D eigenvalue weighted by atomic mass is 10.2. The van der Waals surface area contributed by atoms with E-state index < -0.39 is 18.2 Å². The molecular formula is C38H33Br2F3N10O5. The van der Waals surface area contributed by atoms with Crippen LogP contribution in [0.25, 0.3) is 23.2 Å². The summed E-state index contributed by atoms with van der Waals surface area (Å²) in [5.74, 6) is 5.23. The van der Waals surface area contributed by atoms with Crippen LogP contribution in [0.1, 0.15) is 49.3 Å². The number of nitrogens with two attached hydrogens (primary N) is 1. The predicted molar refractivity (Wildman–Crippen MR) is 211 cm³/mol. The summed E-state index contributed by atoms with van der Waals surface area (Å²) >= 11 is 6.85. The predicted octanol–water partition coefficient (Wildman–Crippen LogP) is 7.71. The molecule has 3 aromatic heterocycles. The SMILES string of the molecule is Cc1ccc(C(=O)O)cc1.Cc1nc(-c2nnc(-c3ccc(OC(F)(F)F)cc3)o2)nn1Cc1cccc(Br)c1.Cc1nc(C(=O)NN)nn1Cc1cccc(Br)c1. The van der Waals surface area contributed by atoms with E-state index in [2.05, 4.69) is 67.0 Å². The lowest BCUT2D eigenvalue weighted by molar-refractivity contribution is -0.274. The van der Waals surface area contributed by atoms with Gasteiger partial charge in [0.25, 0.3) is 5.89 Å². The fraction of sp³-hybridized carbons (Fsp3) is 0.158. The third-order valence-electron chi connectivity index (χ3n) is 7.74. The van der Waals surface area contributed by atoms with Gasteiger partial charge in [0.1, 0.15) is 17.4 Å². The van der Waals surface area contributed by atoms with E-state index in [1.165, 1.54) is 24.3 Å². The molecule has 7 rings (SSSR count). The number of aromatic nitrogens is 8. The summed E-state index contributed by atoms with van der Waals surface area (Å²) in [4.78, 5) is 30.0.